The maximum Gasteiger partial charge on any atom is 0.336 e. The smallest absolute Gasteiger partial charge is 0.336 e. The van der Waals surface area contributed by atoms with E-state index in [0.717, 1.165) is 12.8 Å². The SMILES string of the molecule is COCOC(=O)C1=C(C(N)=O)CCCC1. The van der Waals surface area contributed by atoms with Crippen LogP contribution >= 0.6 is 0 Å². The number of amides is 1. The minimum absolute atomic E-state index is 0.103. The third-order valence-electron chi connectivity index (χ3n) is 2.32. The molecule has 0 heterocycles. The summed E-state index contributed by atoms with van der Waals surface area (Å²) in [7, 11) is 1.43. The van der Waals surface area contributed by atoms with E-state index in [2.05, 4.69) is 4.74 Å². The summed E-state index contributed by atoms with van der Waals surface area (Å²) in [5.41, 5.74) is 6.00. The average Bonchev–Trinajstić information content (AvgIpc) is 2.25. The lowest BCUT2D eigenvalue weighted by molar-refractivity contribution is -0.149. The fourth-order valence-corrected chi connectivity index (χ4v) is 1.60. The summed E-state index contributed by atoms with van der Waals surface area (Å²) in [6, 6.07) is 0. The molecule has 1 aliphatic carbocycles. The van der Waals surface area contributed by atoms with Gasteiger partial charge in [0, 0.05) is 18.3 Å². The quantitative estimate of drug-likeness (QED) is 0.544. The number of nitrogens with two attached hydrogens (primary N) is 1. The maximum absolute atomic E-state index is 11.5. The van der Waals surface area contributed by atoms with Crippen LogP contribution in [0.15, 0.2) is 11.1 Å². The number of rotatable bonds is 4. The Kier molecular flexibility index (Phi) is 4.30. The van der Waals surface area contributed by atoms with Crippen molar-refractivity contribution < 1.29 is 19.1 Å². The molecule has 0 aromatic carbocycles. The maximum atomic E-state index is 11.5. The van der Waals surface area contributed by atoms with Gasteiger partial charge in [0.15, 0.2) is 6.79 Å². The lowest BCUT2D eigenvalue weighted by Gasteiger charge is -2.16. The van der Waals surface area contributed by atoms with Crippen LogP contribution in [-0.2, 0) is 19.1 Å². The molecule has 1 aliphatic rings. The molecule has 0 aliphatic heterocycles. The molecule has 2 N–H and O–H groups in total. The number of hydrogen-bond acceptors (Lipinski definition) is 4. The molecule has 0 unspecified atom stereocenters. The molecule has 1 amide bonds. The van der Waals surface area contributed by atoms with Gasteiger partial charge in [0.05, 0.1) is 0 Å². The zero-order valence-corrected chi connectivity index (χ0v) is 8.75. The molecule has 5 heteroatoms. The van der Waals surface area contributed by atoms with E-state index in [1.165, 1.54) is 7.11 Å². The lowest BCUT2D eigenvalue weighted by Crippen LogP contribution is -2.22. The van der Waals surface area contributed by atoms with E-state index in [9.17, 15) is 9.59 Å². The molecule has 5 nitrogen and oxygen atoms in total. The van der Waals surface area contributed by atoms with Crippen LogP contribution in [0.3, 0.4) is 0 Å². The Morgan fingerprint density at radius 1 is 1.27 bits per heavy atom. The van der Waals surface area contributed by atoms with Gasteiger partial charge in [-0.2, -0.15) is 0 Å². The Bertz CT molecular complexity index is 296. The highest BCUT2D eigenvalue weighted by Crippen LogP contribution is 2.25. The molecule has 84 valence electrons. The van der Waals surface area contributed by atoms with Gasteiger partial charge in [0.25, 0.3) is 0 Å². The van der Waals surface area contributed by atoms with E-state index < -0.39 is 11.9 Å². The first-order valence-corrected chi connectivity index (χ1v) is 4.84. The van der Waals surface area contributed by atoms with Crippen LogP contribution in [0.25, 0.3) is 0 Å². The molecule has 0 aromatic heterocycles. The van der Waals surface area contributed by atoms with Crippen LogP contribution in [0.1, 0.15) is 25.7 Å². The van der Waals surface area contributed by atoms with Gasteiger partial charge in [-0.3, -0.25) is 4.79 Å². The monoisotopic (exact) mass is 213 g/mol. The van der Waals surface area contributed by atoms with Crippen molar-refractivity contribution in [2.24, 2.45) is 5.73 Å². The zero-order valence-electron chi connectivity index (χ0n) is 8.75. The van der Waals surface area contributed by atoms with E-state index in [1.807, 2.05) is 0 Å². The minimum Gasteiger partial charge on any atom is -0.435 e. The summed E-state index contributed by atoms with van der Waals surface area (Å²) in [4.78, 5) is 22.6. The second-order valence-corrected chi connectivity index (χ2v) is 3.37. The van der Waals surface area contributed by atoms with Crippen molar-refractivity contribution in [2.75, 3.05) is 13.9 Å². The zero-order chi connectivity index (χ0) is 11.3. The highest BCUT2D eigenvalue weighted by atomic mass is 16.7. The van der Waals surface area contributed by atoms with E-state index in [1.54, 1.807) is 0 Å². The summed E-state index contributed by atoms with van der Waals surface area (Å²) < 4.78 is 9.40. The predicted octanol–water partition coefficient (Wildman–Crippen LogP) is 0.489. The first-order valence-electron chi connectivity index (χ1n) is 4.84. The van der Waals surface area contributed by atoms with Gasteiger partial charge in [0.2, 0.25) is 5.91 Å². The molecule has 0 radical (unpaired) electrons. The van der Waals surface area contributed by atoms with Crippen LogP contribution < -0.4 is 5.73 Å². The van der Waals surface area contributed by atoms with Gasteiger partial charge in [-0.15, -0.1) is 0 Å². The summed E-state index contributed by atoms with van der Waals surface area (Å²) in [6.45, 7) is -0.103. The van der Waals surface area contributed by atoms with Crippen LogP contribution in [0, 0.1) is 0 Å². The lowest BCUT2D eigenvalue weighted by atomic mass is 9.91. The number of methoxy groups -OCH3 is 1. The summed E-state index contributed by atoms with van der Waals surface area (Å²) in [6.07, 6.45) is 2.89. The van der Waals surface area contributed by atoms with Crippen LogP contribution in [0.5, 0.6) is 0 Å². The Hall–Kier alpha value is -1.36. The number of primary amides is 1. The number of carbonyl (C=O) groups is 2. The molecule has 0 saturated carbocycles. The van der Waals surface area contributed by atoms with Gasteiger partial charge >= 0.3 is 5.97 Å². The molecule has 15 heavy (non-hydrogen) atoms. The molecule has 0 spiro atoms. The molecular weight excluding hydrogens is 198 g/mol. The Morgan fingerprint density at radius 3 is 2.40 bits per heavy atom. The summed E-state index contributed by atoms with van der Waals surface area (Å²) >= 11 is 0. The molecule has 0 saturated heterocycles. The Morgan fingerprint density at radius 2 is 1.87 bits per heavy atom. The number of hydrogen-bond donors (Lipinski definition) is 1. The highest BCUT2D eigenvalue weighted by Gasteiger charge is 2.23. The van der Waals surface area contributed by atoms with E-state index in [0.29, 0.717) is 24.0 Å². The average molecular weight is 213 g/mol. The number of esters is 1. The van der Waals surface area contributed by atoms with Crippen molar-refractivity contribution in [1.29, 1.82) is 0 Å². The van der Waals surface area contributed by atoms with Crippen molar-refractivity contribution in [3.63, 3.8) is 0 Å². The topological polar surface area (TPSA) is 78.6 Å². The van der Waals surface area contributed by atoms with Crippen molar-refractivity contribution in [3.05, 3.63) is 11.1 Å². The molecule has 0 bridgehead atoms. The standard InChI is InChI=1S/C10H15NO4/c1-14-6-15-10(13)8-5-3-2-4-7(8)9(11)12/h2-6H2,1H3,(H2,11,12). The predicted molar refractivity (Wildman–Crippen MR) is 52.7 cm³/mol. The summed E-state index contributed by atoms with van der Waals surface area (Å²) in [5, 5.41) is 0. The Balaban J connectivity index is 2.77. The third-order valence-corrected chi connectivity index (χ3v) is 2.32. The van der Waals surface area contributed by atoms with E-state index in [-0.39, 0.29) is 6.79 Å². The third kappa shape index (κ3) is 3.06. The minimum atomic E-state index is -0.529. The van der Waals surface area contributed by atoms with Crippen molar-refractivity contribution >= 4 is 11.9 Å². The van der Waals surface area contributed by atoms with Crippen molar-refractivity contribution in [2.45, 2.75) is 25.7 Å². The van der Waals surface area contributed by atoms with Crippen LogP contribution in [-0.4, -0.2) is 25.8 Å². The van der Waals surface area contributed by atoms with Gasteiger partial charge < -0.3 is 15.2 Å². The molecular formula is C10H15NO4. The number of carbonyl (C=O) groups excluding carboxylic acids is 2. The van der Waals surface area contributed by atoms with Crippen LogP contribution in [0.4, 0.5) is 0 Å². The Labute approximate surface area is 88.2 Å². The summed E-state index contributed by atoms with van der Waals surface area (Å²) in [5.74, 6) is -1.02. The fourth-order valence-electron chi connectivity index (χ4n) is 1.60. The second kappa shape index (κ2) is 5.50. The van der Waals surface area contributed by atoms with E-state index >= 15 is 0 Å². The molecule has 0 aromatic rings. The van der Waals surface area contributed by atoms with Crippen molar-refractivity contribution in [3.8, 4) is 0 Å². The van der Waals surface area contributed by atoms with E-state index in [4.69, 9.17) is 10.5 Å². The van der Waals surface area contributed by atoms with Crippen molar-refractivity contribution in [1.82, 2.24) is 0 Å². The second-order valence-electron chi connectivity index (χ2n) is 3.37. The molecule has 1 rings (SSSR count). The number of ether oxygens (including phenoxy) is 2. The molecule has 0 atom stereocenters. The van der Waals surface area contributed by atoms with Gasteiger partial charge in [-0.05, 0) is 25.7 Å². The van der Waals surface area contributed by atoms with Gasteiger partial charge in [0.1, 0.15) is 0 Å². The van der Waals surface area contributed by atoms with Crippen LogP contribution in [0.2, 0.25) is 0 Å². The molecule has 0 fully saturated rings. The fraction of sp³-hybridized carbons (Fsp3) is 0.600. The first-order chi connectivity index (χ1) is 7.16. The first kappa shape index (κ1) is 11.7. The largest absolute Gasteiger partial charge is 0.435 e. The highest BCUT2D eigenvalue weighted by molar-refractivity contribution is 6.02. The van der Waals surface area contributed by atoms with Gasteiger partial charge in [-0.25, -0.2) is 4.79 Å². The normalized spacial score (nSPS) is 16.3. The van der Waals surface area contributed by atoms with Gasteiger partial charge in [-0.1, -0.05) is 0 Å².